The standard InChI is InChI=1S/C20H21F3N2O2/c21-20(22,23)15-4-1-3-14(11-15)17-12-18(17)19(26)25-8-6-24(7-9-25)13-16-5-2-10-27-16/h1-5,10-11,17-18H,6-9,12-13H2. The Bertz CT molecular complexity index is 796. The summed E-state index contributed by atoms with van der Waals surface area (Å²) in [4.78, 5) is 16.8. The van der Waals surface area contributed by atoms with E-state index in [0.29, 0.717) is 25.1 Å². The second kappa shape index (κ2) is 7.03. The number of furan rings is 1. The first kappa shape index (κ1) is 18.1. The molecule has 0 radical (unpaired) electrons. The maximum atomic E-state index is 12.9. The van der Waals surface area contributed by atoms with Gasteiger partial charge in [-0.1, -0.05) is 18.2 Å². The van der Waals surface area contributed by atoms with E-state index in [1.165, 1.54) is 12.1 Å². The van der Waals surface area contributed by atoms with E-state index >= 15 is 0 Å². The fourth-order valence-corrected chi connectivity index (χ4v) is 3.77. The molecule has 144 valence electrons. The van der Waals surface area contributed by atoms with E-state index in [-0.39, 0.29) is 17.7 Å². The van der Waals surface area contributed by atoms with Crippen LogP contribution in [0.4, 0.5) is 13.2 Å². The molecule has 0 bridgehead atoms. The molecule has 1 aliphatic carbocycles. The average molecular weight is 378 g/mol. The first-order valence-corrected chi connectivity index (χ1v) is 9.12. The minimum Gasteiger partial charge on any atom is -0.468 e. The van der Waals surface area contributed by atoms with Gasteiger partial charge in [0.15, 0.2) is 0 Å². The molecule has 1 amide bonds. The number of alkyl halides is 3. The number of halogens is 3. The SMILES string of the molecule is O=C(C1CC1c1cccc(C(F)(F)F)c1)N1CCN(Cc2ccco2)CC1. The van der Waals surface area contributed by atoms with E-state index in [0.717, 1.165) is 31.5 Å². The van der Waals surface area contributed by atoms with Crippen LogP contribution in [-0.4, -0.2) is 41.9 Å². The summed E-state index contributed by atoms with van der Waals surface area (Å²) in [5.41, 5.74) is -0.0377. The molecule has 1 saturated heterocycles. The van der Waals surface area contributed by atoms with E-state index in [4.69, 9.17) is 4.42 Å². The minimum absolute atomic E-state index is 0.0649. The highest BCUT2D eigenvalue weighted by atomic mass is 19.4. The maximum Gasteiger partial charge on any atom is 0.416 e. The first-order valence-electron chi connectivity index (χ1n) is 9.12. The Balaban J connectivity index is 1.32. The zero-order chi connectivity index (χ0) is 19.0. The third-order valence-electron chi connectivity index (χ3n) is 5.39. The predicted molar refractivity (Wildman–Crippen MR) is 92.9 cm³/mol. The van der Waals surface area contributed by atoms with Gasteiger partial charge in [0.2, 0.25) is 5.91 Å². The fraction of sp³-hybridized carbons (Fsp3) is 0.450. The molecule has 1 aliphatic heterocycles. The van der Waals surface area contributed by atoms with Crippen LogP contribution < -0.4 is 0 Å². The van der Waals surface area contributed by atoms with Crippen LogP contribution in [0.3, 0.4) is 0 Å². The Morgan fingerprint density at radius 2 is 1.89 bits per heavy atom. The number of carbonyl (C=O) groups excluding carboxylic acids is 1. The van der Waals surface area contributed by atoms with Gasteiger partial charge in [-0.25, -0.2) is 0 Å². The Morgan fingerprint density at radius 1 is 1.11 bits per heavy atom. The summed E-state index contributed by atoms with van der Waals surface area (Å²) in [5, 5.41) is 0. The lowest BCUT2D eigenvalue weighted by molar-refractivity contribution is -0.137. The van der Waals surface area contributed by atoms with Crippen LogP contribution in [0.5, 0.6) is 0 Å². The quantitative estimate of drug-likeness (QED) is 0.813. The molecule has 2 fully saturated rings. The summed E-state index contributed by atoms with van der Waals surface area (Å²) in [5.74, 6) is 0.683. The summed E-state index contributed by atoms with van der Waals surface area (Å²) in [6.45, 7) is 3.56. The molecule has 2 unspecified atom stereocenters. The topological polar surface area (TPSA) is 36.7 Å². The highest BCUT2D eigenvalue weighted by Crippen LogP contribution is 2.49. The van der Waals surface area contributed by atoms with Gasteiger partial charge >= 0.3 is 6.18 Å². The van der Waals surface area contributed by atoms with Crippen molar-refractivity contribution in [1.29, 1.82) is 0 Å². The van der Waals surface area contributed by atoms with Gasteiger partial charge in [0.05, 0.1) is 18.4 Å². The van der Waals surface area contributed by atoms with Crippen molar-refractivity contribution in [1.82, 2.24) is 9.80 Å². The Hall–Kier alpha value is -2.28. The molecule has 0 spiro atoms. The Labute approximate surface area is 155 Å². The molecular weight excluding hydrogens is 357 g/mol. The molecule has 7 heteroatoms. The third-order valence-corrected chi connectivity index (χ3v) is 5.39. The molecule has 2 aromatic rings. The zero-order valence-electron chi connectivity index (χ0n) is 14.8. The molecular formula is C20H21F3N2O2. The van der Waals surface area contributed by atoms with Gasteiger partial charge < -0.3 is 9.32 Å². The third kappa shape index (κ3) is 4.03. The smallest absolute Gasteiger partial charge is 0.416 e. The van der Waals surface area contributed by atoms with Gasteiger partial charge in [0.25, 0.3) is 0 Å². The highest BCUT2D eigenvalue weighted by molar-refractivity contribution is 5.83. The van der Waals surface area contributed by atoms with Crippen molar-refractivity contribution >= 4 is 5.91 Å². The van der Waals surface area contributed by atoms with E-state index in [1.54, 1.807) is 12.3 Å². The molecule has 1 aromatic carbocycles. The number of benzene rings is 1. The second-order valence-electron chi connectivity index (χ2n) is 7.25. The molecule has 4 rings (SSSR count). The van der Waals surface area contributed by atoms with E-state index in [1.807, 2.05) is 17.0 Å². The van der Waals surface area contributed by atoms with Crippen LogP contribution >= 0.6 is 0 Å². The molecule has 0 N–H and O–H groups in total. The van der Waals surface area contributed by atoms with Gasteiger partial charge in [0.1, 0.15) is 5.76 Å². The average Bonchev–Trinajstić information content (AvgIpc) is 3.30. The van der Waals surface area contributed by atoms with Crippen LogP contribution in [0.2, 0.25) is 0 Å². The summed E-state index contributed by atoms with van der Waals surface area (Å²) < 4.78 is 44.0. The minimum atomic E-state index is -4.35. The number of piperazine rings is 1. The molecule has 1 saturated carbocycles. The van der Waals surface area contributed by atoms with Crippen LogP contribution in [-0.2, 0) is 17.5 Å². The monoisotopic (exact) mass is 378 g/mol. The van der Waals surface area contributed by atoms with E-state index < -0.39 is 11.7 Å². The molecule has 4 nitrogen and oxygen atoms in total. The number of amides is 1. The molecule has 1 aromatic heterocycles. The fourth-order valence-electron chi connectivity index (χ4n) is 3.77. The van der Waals surface area contributed by atoms with Crippen molar-refractivity contribution in [2.75, 3.05) is 26.2 Å². The van der Waals surface area contributed by atoms with Crippen LogP contribution in [0.25, 0.3) is 0 Å². The lowest BCUT2D eigenvalue weighted by atomic mass is 10.0. The van der Waals surface area contributed by atoms with E-state index in [9.17, 15) is 18.0 Å². The van der Waals surface area contributed by atoms with Crippen LogP contribution in [0, 0.1) is 5.92 Å². The van der Waals surface area contributed by atoms with Crippen LogP contribution in [0.1, 0.15) is 29.2 Å². The van der Waals surface area contributed by atoms with Crippen molar-refractivity contribution in [3.63, 3.8) is 0 Å². The van der Waals surface area contributed by atoms with Crippen molar-refractivity contribution in [2.45, 2.75) is 25.1 Å². The van der Waals surface area contributed by atoms with Crippen molar-refractivity contribution in [3.05, 3.63) is 59.5 Å². The normalized spacial score (nSPS) is 23.4. The molecule has 2 aliphatic rings. The summed E-state index contributed by atoms with van der Waals surface area (Å²) in [6, 6.07) is 9.15. The maximum absolute atomic E-state index is 12.9. The lowest BCUT2D eigenvalue weighted by Gasteiger charge is -2.34. The van der Waals surface area contributed by atoms with Crippen molar-refractivity contribution in [3.8, 4) is 0 Å². The first-order chi connectivity index (χ1) is 12.9. The number of carbonyl (C=O) groups is 1. The Morgan fingerprint density at radius 3 is 2.56 bits per heavy atom. The number of rotatable bonds is 4. The number of nitrogens with zero attached hydrogens (tertiary/aromatic N) is 2. The highest BCUT2D eigenvalue weighted by Gasteiger charge is 2.46. The summed E-state index contributed by atoms with van der Waals surface area (Å²) in [7, 11) is 0. The van der Waals surface area contributed by atoms with Gasteiger partial charge in [-0.05, 0) is 36.1 Å². The lowest BCUT2D eigenvalue weighted by Crippen LogP contribution is -2.48. The summed E-state index contributed by atoms with van der Waals surface area (Å²) in [6.07, 6.45) is -2.07. The predicted octanol–water partition coefficient (Wildman–Crippen LogP) is 3.75. The van der Waals surface area contributed by atoms with Crippen molar-refractivity contribution in [2.24, 2.45) is 5.92 Å². The molecule has 2 heterocycles. The van der Waals surface area contributed by atoms with Gasteiger partial charge in [0, 0.05) is 32.1 Å². The second-order valence-corrected chi connectivity index (χ2v) is 7.25. The van der Waals surface area contributed by atoms with E-state index in [2.05, 4.69) is 4.90 Å². The van der Waals surface area contributed by atoms with Crippen molar-refractivity contribution < 1.29 is 22.4 Å². The van der Waals surface area contributed by atoms with Gasteiger partial charge in [-0.15, -0.1) is 0 Å². The van der Waals surface area contributed by atoms with Crippen LogP contribution in [0.15, 0.2) is 47.1 Å². The summed E-state index contributed by atoms with van der Waals surface area (Å²) >= 11 is 0. The molecule has 2 atom stereocenters. The number of hydrogen-bond donors (Lipinski definition) is 0. The van der Waals surface area contributed by atoms with Gasteiger partial charge in [-0.3, -0.25) is 9.69 Å². The largest absolute Gasteiger partial charge is 0.468 e. The zero-order valence-corrected chi connectivity index (χ0v) is 14.8. The number of hydrogen-bond acceptors (Lipinski definition) is 3. The van der Waals surface area contributed by atoms with Gasteiger partial charge in [-0.2, -0.15) is 13.2 Å². The Kier molecular flexibility index (Phi) is 4.72. The molecule has 27 heavy (non-hydrogen) atoms.